The molecule has 0 aliphatic heterocycles. The number of hydrogen-bond donors (Lipinski definition) is 1. The van der Waals surface area contributed by atoms with Crippen molar-refractivity contribution >= 4 is 17.9 Å². The predicted octanol–water partition coefficient (Wildman–Crippen LogP) is 3.17. The molecule has 3 aromatic rings. The van der Waals surface area contributed by atoms with Crippen LogP contribution in [0.25, 0.3) is 12.0 Å². The normalized spacial score (nSPS) is 10.9. The second-order valence-corrected chi connectivity index (χ2v) is 6.13. The first-order chi connectivity index (χ1) is 14.1. The van der Waals surface area contributed by atoms with Crippen LogP contribution in [0.4, 0.5) is 5.82 Å². The van der Waals surface area contributed by atoms with E-state index in [0.717, 1.165) is 22.6 Å². The number of benzene rings is 1. The molecule has 0 amide bonds. The van der Waals surface area contributed by atoms with Crippen molar-refractivity contribution in [2.45, 2.75) is 20.4 Å². The Bertz CT molecular complexity index is 996. The fourth-order valence-corrected chi connectivity index (χ4v) is 2.62. The number of esters is 1. The zero-order valence-electron chi connectivity index (χ0n) is 16.6. The summed E-state index contributed by atoms with van der Waals surface area (Å²) >= 11 is 0. The van der Waals surface area contributed by atoms with E-state index < -0.39 is 0 Å². The van der Waals surface area contributed by atoms with E-state index in [4.69, 9.17) is 9.47 Å². The van der Waals surface area contributed by atoms with Crippen LogP contribution < -0.4 is 10.1 Å². The number of nitrogens with one attached hydrogen (secondary N) is 1. The molecule has 0 unspecified atom stereocenters. The summed E-state index contributed by atoms with van der Waals surface area (Å²) in [6.07, 6.45) is 6.38. The Labute approximate surface area is 169 Å². The first-order valence-electron chi connectivity index (χ1n) is 9.20. The number of hydrogen-bond acceptors (Lipinski definition) is 7. The topological polar surface area (TPSA) is 91.2 Å². The van der Waals surface area contributed by atoms with Crippen LogP contribution in [0.1, 0.15) is 23.7 Å². The van der Waals surface area contributed by atoms with Crippen molar-refractivity contribution in [3.63, 3.8) is 0 Å². The summed E-state index contributed by atoms with van der Waals surface area (Å²) in [5, 5.41) is 7.62. The van der Waals surface area contributed by atoms with E-state index in [1.54, 1.807) is 43.3 Å². The second kappa shape index (κ2) is 9.50. The SMILES string of the molecule is CCOC(=O)C=Cc1cnn(-c2nccc(NCc3ccc(OC)cc3)n2)c1C. The third-order valence-corrected chi connectivity index (χ3v) is 4.20. The Hall–Kier alpha value is -3.68. The van der Waals surface area contributed by atoms with Crippen molar-refractivity contribution in [1.29, 1.82) is 0 Å². The minimum atomic E-state index is -0.388. The second-order valence-electron chi connectivity index (χ2n) is 6.13. The number of carbonyl (C=O) groups is 1. The summed E-state index contributed by atoms with van der Waals surface area (Å²) in [6.45, 7) is 4.61. The molecule has 0 radical (unpaired) electrons. The Morgan fingerprint density at radius 1 is 1.24 bits per heavy atom. The van der Waals surface area contributed by atoms with Crippen LogP contribution in [0.5, 0.6) is 5.75 Å². The number of methoxy groups -OCH3 is 1. The zero-order chi connectivity index (χ0) is 20.6. The van der Waals surface area contributed by atoms with Gasteiger partial charge in [-0.25, -0.2) is 14.5 Å². The van der Waals surface area contributed by atoms with Crippen molar-refractivity contribution in [2.75, 3.05) is 19.0 Å². The van der Waals surface area contributed by atoms with Crippen LogP contribution in [0.3, 0.4) is 0 Å². The van der Waals surface area contributed by atoms with Gasteiger partial charge < -0.3 is 14.8 Å². The first-order valence-corrected chi connectivity index (χ1v) is 9.20. The summed E-state index contributed by atoms with van der Waals surface area (Å²) in [5.41, 5.74) is 2.71. The molecule has 3 rings (SSSR count). The van der Waals surface area contributed by atoms with E-state index in [0.29, 0.717) is 24.9 Å². The van der Waals surface area contributed by atoms with Gasteiger partial charge in [-0.2, -0.15) is 10.1 Å². The van der Waals surface area contributed by atoms with E-state index in [-0.39, 0.29) is 5.97 Å². The number of rotatable bonds is 8. The molecule has 1 aromatic carbocycles. The third kappa shape index (κ3) is 5.19. The average molecular weight is 393 g/mol. The third-order valence-electron chi connectivity index (χ3n) is 4.20. The highest BCUT2D eigenvalue weighted by Crippen LogP contribution is 2.15. The quantitative estimate of drug-likeness (QED) is 0.464. The molecule has 0 atom stereocenters. The largest absolute Gasteiger partial charge is 0.497 e. The summed E-state index contributed by atoms with van der Waals surface area (Å²) in [4.78, 5) is 20.3. The maximum Gasteiger partial charge on any atom is 0.330 e. The van der Waals surface area contributed by atoms with Crippen LogP contribution >= 0.6 is 0 Å². The molecule has 0 aliphatic rings. The standard InChI is InChI=1S/C21H23N5O3/c1-4-29-20(27)10-7-17-14-24-26(15(17)2)21-22-12-11-19(25-21)23-13-16-5-8-18(28-3)9-6-16/h5-12,14H,4,13H2,1-3H3,(H,22,23,25). The highest BCUT2D eigenvalue weighted by molar-refractivity contribution is 5.87. The van der Waals surface area contributed by atoms with Gasteiger partial charge in [0.1, 0.15) is 11.6 Å². The fraction of sp³-hybridized carbons (Fsp3) is 0.238. The average Bonchev–Trinajstić information content (AvgIpc) is 3.12. The van der Waals surface area contributed by atoms with E-state index in [1.807, 2.05) is 31.2 Å². The van der Waals surface area contributed by atoms with Gasteiger partial charge in [0.25, 0.3) is 5.95 Å². The van der Waals surface area contributed by atoms with Gasteiger partial charge in [0.15, 0.2) is 0 Å². The number of carbonyl (C=O) groups excluding carboxylic acids is 1. The first kappa shape index (κ1) is 20.1. The van der Waals surface area contributed by atoms with Gasteiger partial charge in [-0.1, -0.05) is 12.1 Å². The molecule has 0 saturated carbocycles. The van der Waals surface area contributed by atoms with Gasteiger partial charge >= 0.3 is 5.97 Å². The molecule has 29 heavy (non-hydrogen) atoms. The number of aromatic nitrogens is 4. The highest BCUT2D eigenvalue weighted by atomic mass is 16.5. The lowest BCUT2D eigenvalue weighted by Crippen LogP contribution is -2.08. The summed E-state index contributed by atoms with van der Waals surface area (Å²) in [5.74, 6) is 1.56. The Kier molecular flexibility index (Phi) is 6.57. The van der Waals surface area contributed by atoms with Crippen LogP contribution in [-0.2, 0) is 16.1 Å². The van der Waals surface area contributed by atoms with Gasteiger partial charge in [0, 0.05) is 24.4 Å². The van der Waals surface area contributed by atoms with Crippen LogP contribution in [0, 0.1) is 6.92 Å². The molecule has 0 aliphatic carbocycles. The van der Waals surface area contributed by atoms with Crippen LogP contribution in [-0.4, -0.2) is 39.4 Å². The highest BCUT2D eigenvalue weighted by Gasteiger charge is 2.10. The van der Waals surface area contributed by atoms with Crippen molar-refractivity contribution in [3.8, 4) is 11.7 Å². The molecular weight excluding hydrogens is 370 g/mol. The smallest absolute Gasteiger partial charge is 0.330 e. The van der Waals surface area contributed by atoms with Crippen molar-refractivity contribution in [2.24, 2.45) is 0 Å². The lowest BCUT2D eigenvalue weighted by atomic mass is 10.2. The van der Waals surface area contributed by atoms with Crippen molar-refractivity contribution in [3.05, 3.63) is 65.6 Å². The minimum absolute atomic E-state index is 0.339. The molecule has 2 aromatic heterocycles. The molecule has 0 fully saturated rings. The number of nitrogens with zero attached hydrogens (tertiary/aromatic N) is 4. The van der Waals surface area contributed by atoms with E-state index >= 15 is 0 Å². The zero-order valence-corrected chi connectivity index (χ0v) is 16.6. The molecule has 8 nitrogen and oxygen atoms in total. The van der Waals surface area contributed by atoms with Gasteiger partial charge in [-0.3, -0.25) is 0 Å². The molecular formula is C21H23N5O3. The maximum absolute atomic E-state index is 11.5. The van der Waals surface area contributed by atoms with E-state index in [9.17, 15) is 4.79 Å². The molecule has 1 N–H and O–H groups in total. The molecule has 2 heterocycles. The monoisotopic (exact) mass is 393 g/mol. The fourth-order valence-electron chi connectivity index (χ4n) is 2.62. The molecule has 0 bridgehead atoms. The van der Waals surface area contributed by atoms with E-state index in [1.165, 1.54) is 6.08 Å². The van der Waals surface area contributed by atoms with Crippen molar-refractivity contribution in [1.82, 2.24) is 19.7 Å². The summed E-state index contributed by atoms with van der Waals surface area (Å²) in [6, 6.07) is 9.62. The Balaban J connectivity index is 1.71. The molecule has 8 heteroatoms. The molecule has 0 saturated heterocycles. The number of ether oxygens (including phenoxy) is 2. The van der Waals surface area contributed by atoms with Crippen LogP contribution in [0.15, 0.2) is 48.8 Å². The van der Waals surface area contributed by atoms with Crippen molar-refractivity contribution < 1.29 is 14.3 Å². The van der Waals surface area contributed by atoms with Gasteiger partial charge in [-0.15, -0.1) is 0 Å². The minimum Gasteiger partial charge on any atom is -0.497 e. The lowest BCUT2D eigenvalue weighted by Gasteiger charge is -2.08. The predicted molar refractivity (Wildman–Crippen MR) is 110 cm³/mol. The Morgan fingerprint density at radius 3 is 2.76 bits per heavy atom. The lowest BCUT2D eigenvalue weighted by molar-refractivity contribution is -0.137. The maximum atomic E-state index is 11.5. The van der Waals surface area contributed by atoms with Gasteiger partial charge in [0.05, 0.1) is 25.6 Å². The number of anilines is 1. The van der Waals surface area contributed by atoms with Crippen LogP contribution in [0.2, 0.25) is 0 Å². The van der Waals surface area contributed by atoms with E-state index in [2.05, 4.69) is 20.4 Å². The Morgan fingerprint density at radius 2 is 2.03 bits per heavy atom. The summed E-state index contributed by atoms with van der Waals surface area (Å²) < 4.78 is 11.7. The molecule has 0 spiro atoms. The van der Waals surface area contributed by atoms with Gasteiger partial charge in [0.2, 0.25) is 0 Å². The van der Waals surface area contributed by atoms with Gasteiger partial charge in [-0.05, 0) is 43.7 Å². The summed E-state index contributed by atoms with van der Waals surface area (Å²) in [7, 11) is 1.64. The molecule has 150 valence electrons.